The van der Waals surface area contributed by atoms with Crippen LogP contribution in [0.4, 0.5) is 0 Å². The third-order valence-corrected chi connectivity index (χ3v) is 6.45. The summed E-state index contributed by atoms with van der Waals surface area (Å²) in [7, 11) is 0. The van der Waals surface area contributed by atoms with Gasteiger partial charge in [-0.05, 0) is 48.9 Å². The number of benzene rings is 1. The number of amides is 2. The number of carbonyl (C=O) groups is 2. The van der Waals surface area contributed by atoms with Gasteiger partial charge in [-0.2, -0.15) is 9.67 Å². The van der Waals surface area contributed by atoms with Crippen LogP contribution in [0, 0.1) is 12.8 Å². The summed E-state index contributed by atoms with van der Waals surface area (Å²) in [6, 6.07) is 8.45. The first-order chi connectivity index (χ1) is 16.5. The topological polar surface area (TPSA) is 82.1 Å². The zero-order valence-corrected chi connectivity index (χ0v) is 21.7. The van der Waals surface area contributed by atoms with E-state index in [2.05, 4.69) is 5.10 Å². The summed E-state index contributed by atoms with van der Waals surface area (Å²) in [6.45, 7) is 9.76. The highest BCUT2D eigenvalue weighted by Crippen LogP contribution is 2.39. The van der Waals surface area contributed by atoms with Crippen molar-refractivity contribution in [2.24, 2.45) is 5.92 Å². The SMILES string of the molecule is Cc1ccc[n+](C2=C(c3c(C(C)C)nn(-c4ccc(Cl)c(Cl)c4)c3[O-])C(=O)N(CC(C)C)C2=O)c1. The fourth-order valence-corrected chi connectivity index (χ4v) is 4.43. The van der Waals surface area contributed by atoms with E-state index < -0.39 is 17.7 Å². The van der Waals surface area contributed by atoms with Crippen LogP contribution in [0.3, 0.4) is 0 Å². The Balaban J connectivity index is 2.02. The summed E-state index contributed by atoms with van der Waals surface area (Å²) >= 11 is 12.2. The molecule has 0 saturated carbocycles. The predicted molar refractivity (Wildman–Crippen MR) is 133 cm³/mol. The number of aryl methyl sites for hydroxylation is 1. The molecule has 0 bridgehead atoms. The van der Waals surface area contributed by atoms with E-state index in [0.29, 0.717) is 16.4 Å². The van der Waals surface area contributed by atoms with Crippen molar-refractivity contribution in [1.82, 2.24) is 14.7 Å². The molecule has 3 aromatic rings. The Morgan fingerprint density at radius 3 is 2.37 bits per heavy atom. The van der Waals surface area contributed by atoms with Gasteiger partial charge >= 0.3 is 5.91 Å². The van der Waals surface area contributed by atoms with Gasteiger partial charge in [0.25, 0.3) is 11.6 Å². The van der Waals surface area contributed by atoms with Crippen molar-refractivity contribution in [1.29, 1.82) is 0 Å². The van der Waals surface area contributed by atoms with Crippen LogP contribution in [0.25, 0.3) is 17.0 Å². The molecule has 2 amide bonds. The van der Waals surface area contributed by atoms with Crippen LogP contribution in [0.5, 0.6) is 5.88 Å². The van der Waals surface area contributed by atoms with Gasteiger partial charge in [0.2, 0.25) is 0 Å². The van der Waals surface area contributed by atoms with E-state index >= 15 is 0 Å². The molecule has 0 spiro atoms. The summed E-state index contributed by atoms with van der Waals surface area (Å²) < 4.78 is 2.83. The number of hydrogen-bond acceptors (Lipinski definition) is 4. The van der Waals surface area contributed by atoms with Crippen LogP contribution in [-0.4, -0.2) is 33.0 Å². The highest BCUT2D eigenvalue weighted by Gasteiger charge is 2.47. The number of imide groups is 1. The van der Waals surface area contributed by atoms with Gasteiger partial charge in [-0.1, -0.05) is 50.9 Å². The number of hydrogen-bond donors (Lipinski definition) is 0. The van der Waals surface area contributed by atoms with Crippen molar-refractivity contribution in [2.45, 2.75) is 40.5 Å². The quantitative estimate of drug-likeness (QED) is 0.362. The van der Waals surface area contributed by atoms with Crippen LogP contribution >= 0.6 is 23.2 Å². The van der Waals surface area contributed by atoms with Gasteiger partial charge in [0.1, 0.15) is 5.57 Å². The first-order valence-corrected chi connectivity index (χ1v) is 12.1. The zero-order chi connectivity index (χ0) is 25.6. The second kappa shape index (κ2) is 9.47. The standard InChI is InChI=1S/C26H26Cl2N4O3/c1-14(2)12-31-24(33)21(23(26(31)35)30-10-6-7-16(5)13-30)20-22(15(3)4)29-32(25(20)34)17-8-9-18(27)19(28)11-17/h6-11,13-15H,12H2,1-5H3. The minimum atomic E-state index is -0.500. The summed E-state index contributed by atoms with van der Waals surface area (Å²) in [5.74, 6) is -1.58. The number of halogens is 2. The Labute approximate surface area is 214 Å². The molecular formula is C26H26Cl2N4O3. The Morgan fingerprint density at radius 2 is 1.77 bits per heavy atom. The second-order valence-corrected chi connectivity index (χ2v) is 10.2. The van der Waals surface area contributed by atoms with Gasteiger partial charge < -0.3 is 5.11 Å². The second-order valence-electron chi connectivity index (χ2n) is 9.36. The van der Waals surface area contributed by atoms with Crippen molar-refractivity contribution in [3.8, 4) is 11.6 Å². The lowest BCUT2D eigenvalue weighted by atomic mass is 9.98. The Hall–Kier alpha value is -3.16. The maximum absolute atomic E-state index is 13.8. The Bertz CT molecular complexity index is 1370. The van der Waals surface area contributed by atoms with Crippen LogP contribution < -0.4 is 9.67 Å². The average molecular weight is 513 g/mol. The van der Waals surface area contributed by atoms with Crippen molar-refractivity contribution < 1.29 is 19.3 Å². The minimum Gasteiger partial charge on any atom is -0.858 e. The largest absolute Gasteiger partial charge is 0.858 e. The molecule has 2 aromatic heterocycles. The van der Waals surface area contributed by atoms with Gasteiger partial charge in [0.15, 0.2) is 12.4 Å². The number of pyridine rings is 1. The van der Waals surface area contributed by atoms with E-state index in [9.17, 15) is 14.7 Å². The lowest BCUT2D eigenvalue weighted by Gasteiger charge is -2.17. The maximum Gasteiger partial charge on any atom is 0.326 e. The molecule has 0 atom stereocenters. The van der Waals surface area contributed by atoms with Crippen molar-refractivity contribution in [3.63, 3.8) is 0 Å². The third-order valence-electron chi connectivity index (χ3n) is 5.71. The van der Waals surface area contributed by atoms with Gasteiger partial charge in [0, 0.05) is 23.7 Å². The third kappa shape index (κ3) is 4.46. The maximum atomic E-state index is 13.8. The fourth-order valence-electron chi connectivity index (χ4n) is 4.14. The van der Waals surface area contributed by atoms with Crippen molar-refractivity contribution in [3.05, 3.63) is 69.6 Å². The highest BCUT2D eigenvalue weighted by molar-refractivity contribution is 6.45. The van der Waals surface area contributed by atoms with Crippen LogP contribution in [0.2, 0.25) is 10.0 Å². The van der Waals surface area contributed by atoms with E-state index in [1.165, 1.54) is 9.58 Å². The minimum absolute atomic E-state index is 0.0567. The van der Waals surface area contributed by atoms with Crippen LogP contribution in [0.1, 0.15) is 50.4 Å². The molecule has 0 radical (unpaired) electrons. The molecule has 0 saturated heterocycles. The summed E-state index contributed by atoms with van der Waals surface area (Å²) in [5.41, 5.74) is 2.07. The normalized spacial score (nSPS) is 14.3. The Kier molecular flexibility index (Phi) is 6.75. The first-order valence-electron chi connectivity index (χ1n) is 11.4. The molecule has 1 aromatic carbocycles. The van der Waals surface area contributed by atoms with E-state index in [1.54, 1.807) is 41.2 Å². The Morgan fingerprint density at radius 1 is 1.06 bits per heavy atom. The average Bonchev–Trinajstić information content (AvgIpc) is 3.24. The molecule has 0 N–H and O–H groups in total. The predicted octanol–water partition coefficient (Wildman–Crippen LogP) is 4.37. The van der Waals surface area contributed by atoms with Gasteiger partial charge in [-0.25, -0.2) is 4.68 Å². The number of carbonyl (C=O) groups excluding carboxylic acids is 2. The van der Waals surface area contributed by atoms with Crippen LogP contribution in [-0.2, 0) is 9.59 Å². The van der Waals surface area contributed by atoms with Gasteiger partial charge in [-0.3, -0.25) is 14.5 Å². The lowest BCUT2D eigenvalue weighted by Crippen LogP contribution is -2.41. The molecule has 7 nitrogen and oxygen atoms in total. The number of rotatable bonds is 6. The zero-order valence-electron chi connectivity index (χ0n) is 20.2. The molecule has 0 fully saturated rings. The highest BCUT2D eigenvalue weighted by atomic mass is 35.5. The van der Waals surface area contributed by atoms with E-state index in [4.69, 9.17) is 23.2 Å². The van der Waals surface area contributed by atoms with Crippen LogP contribution in [0.15, 0.2) is 42.7 Å². The fraction of sp³-hybridized carbons (Fsp3) is 0.308. The summed E-state index contributed by atoms with van der Waals surface area (Å²) in [5, 5.41) is 19.0. The molecule has 3 heterocycles. The lowest BCUT2D eigenvalue weighted by molar-refractivity contribution is -0.577. The van der Waals surface area contributed by atoms with Gasteiger partial charge in [0.05, 0.1) is 21.4 Å². The van der Waals surface area contributed by atoms with Crippen molar-refractivity contribution >= 4 is 46.3 Å². The number of nitrogens with zero attached hydrogens (tertiary/aromatic N) is 4. The first kappa shape index (κ1) is 24.9. The molecule has 9 heteroatoms. The van der Waals surface area contributed by atoms with E-state index in [1.807, 2.05) is 40.7 Å². The molecule has 4 rings (SSSR count). The summed E-state index contributed by atoms with van der Waals surface area (Å²) in [6.07, 6.45) is 3.47. The molecule has 1 aliphatic heterocycles. The van der Waals surface area contributed by atoms with E-state index in [0.717, 1.165) is 5.56 Å². The molecule has 1 aliphatic rings. The number of aromatic nitrogens is 3. The van der Waals surface area contributed by atoms with E-state index in [-0.39, 0.29) is 40.2 Å². The van der Waals surface area contributed by atoms with Crippen molar-refractivity contribution in [2.75, 3.05) is 6.54 Å². The van der Waals surface area contributed by atoms with Gasteiger partial charge in [-0.15, -0.1) is 0 Å². The molecule has 0 aliphatic carbocycles. The molecule has 0 unspecified atom stereocenters. The molecule has 35 heavy (non-hydrogen) atoms. The summed E-state index contributed by atoms with van der Waals surface area (Å²) in [4.78, 5) is 28.5. The molecular weight excluding hydrogens is 487 g/mol. The molecule has 182 valence electrons. The smallest absolute Gasteiger partial charge is 0.326 e. The monoisotopic (exact) mass is 512 g/mol.